The number of hydrogen-bond acceptors (Lipinski definition) is 2. The molecule has 5 heteroatoms. The lowest BCUT2D eigenvalue weighted by atomic mass is 9.91. The molecule has 0 radical (unpaired) electrons. The summed E-state index contributed by atoms with van der Waals surface area (Å²) in [6, 6.07) is 3.44. The van der Waals surface area contributed by atoms with Gasteiger partial charge in [0.25, 0.3) is 0 Å². The van der Waals surface area contributed by atoms with Crippen molar-refractivity contribution in [2.24, 2.45) is 0 Å². The van der Waals surface area contributed by atoms with Crippen LogP contribution < -0.4 is 0 Å². The van der Waals surface area contributed by atoms with E-state index in [1.165, 1.54) is 6.07 Å². The van der Waals surface area contributed by atoms with E-state index in [0.29, 0.717) is 17.5 Å². The van der Waals surface area contributed by atoms with Crippen molar-refractivity contribution in [2.45, 2.75) is 39.3 Å². The number of esters is 1. The van der Waals surface area contributed by atoms with Crippen molar-refractivity contribution in [3.63, 3.8) is 0 Å². The van der Waals surface area contributed by atoms with Crippen LogP contribution in [0.2, 0.25) is 0 Å². The Balaban J connectivity index is 3.10. The fraction of sp³-hybridized carbons (Fsp3) is 0.500. The van der Waals surface area contributed by atoms with Crippen LogP contribution in [0.3, 0.4) is 0 Å². The first-order chi connectivity index (χ1) is 8.81. The van der Waals surface area contributed by atoms with E-state index in [-0.39, 0.29) is 6.61 Å². The molecule has 1 aromatic carbocycles. The van der Waals surface area contributed by atoms with E-state index in [2.05, 4.69) is 0 Å². The fourth-order valence-electron chi connectivity index (χ4n) is 2.00. The van der Waals surface area contributed by atoms with Gasteiger partial charge in [-0.25, -0.2) is 0 Å². The van der Waals surface area contributed by atoms with Gasteiger partial charge < -0.3 is 4.74 Å². The van der Waals surface area contributed by atoms with Gasteiger partial charge in [-0.1, -0.05) is 13.0 Å². The van der Waals surface area contributed by atoms with E-state index >= 15 is 0 Å². The molecule has 0 spiro atoms. The number of carbonyl (C=O) groups is 1. The Morgan fingerprint density at radius 1 is 1.32 bits per heavy atom. The largest absolute Gasteiger partial charge is 0.466 e. The second kappa shape index (κ2) is 6.08. The third kappa shape index (κ3) is 3.72. The Morgan fingerprint density at radius 2 is 1.95 bits per heavy atom. The monoisotopic (exact) mass is 274 g/mol. The van der Waals surface area contributed by atoms with Crippen LogP contribution >= 0.6 is 0 Å². The Morgan fingerprint density at radius 3 is 2.37 bits per heavy atom. The number of rotatable bonds is 4. The predicted octanol–water partition coefficient (Wildman–Crippen LogP) is 4.07. The third-order valence-corrected chi connectivity index (χ3v) is 2.95. The van der Waals surface area contributed by atoms with Gasteiger partial charge in [0.1, 0.15) is 0 Å². The van der Waals surface area contributed by atoms with E-state index in [9.17, 15) is 18.0 Å². The minimum absolute atomic E-state index is 0.259. The lowest BCUT2D eigenvalue weighted by molar-refractivity contribution is -0.145. The van der Waals surface area contributed by atoms with E-state index in [4.69, 9.17) is 4.74 Å². The van der Waals surface area contributed by atoms with Crippen molar-refractivity contribution in [3.05, 3.63) is 34.9 Å². The minimum atomic E-state index is -4.37. The summed E-state index contributed by atoms with van der Waals surface area (Å²) in [5.41, 5.74) is 0.344. The van der Waals surface area contributed by atoms with Gasteiger partial charge in [-0.2, -0.15) is 13.2 Å². The SMILES string of the molecule is CCOC(=O)C(CC)c1ccc(C(F)(F)F)cc1C. The lowest BCUT2D eigenvalue weighted by Gasteiger charge is -2.17. The Labute approximate surface area is 110 Å². The second-order valence-electron chi connectivity index (χ2n) is 4.28. The zero-order valence-electron chi connectivity index (χ0n) is 11.2. The molecule has 2 nitrogen and oxygen atoms in total. The van der Waals surface area contributed by atoms with Gasteiger partial charge in [0.2, 0.25) is 0 Å². The van der Waals surface area contributed by atoms with E-state index in [1.54, 1.807) is 20.8 Å². The van der Waals surface area contributed by atoms with Crippen molar-refractivity contribution >= 4 is 5.97 Å². The molecule has 0 amide bonds. The molecule has 1 aromatic rings. The Kier molecular flexibility index (Phi) is 4.97. The average molecular weight is 274 g/mol. The van der Waals surface area contributed by atoms with E-state index < -0.39 is 23.6 Å². The fourth-order valence-corrected chi connectivity index (χ4v) is 2.00. The zero-order valence-corrected chi connectivity index (χ0v) is 11.2. The van der Waals surface area contributed by atoms with Gasteiger partial charge in [-0.15, -0.1) is 0 Å². The molecular weight excluding hydrogens is 257 g/mol. The number of alkyl halides is 3. The van der Waals surface area contributed by atoms with Crippen LogP contribution in [0.15, 0.2) is 18.2 Å². The van der Waals surface area contributed by atoms with Gasteiger partial charge in [-0.05, 0) is 43.5 Å². The van der Waals surface area contributed by atoms with Gasteiger partial charge in [0.15, 0.2) is 0 Å². The van der Waals surface area contributed by atoms with Crippen LogP contribution in [0.1, 0.15) is 42.9 Å². The topological polar surface area (TPSA) is 26.3 Å². The second-order valence-corrected chi connectivity index (χ2v) is 4.28. The summed E-state index contributed by atoms with van der Waals surface area (Å²) < 4.78 is 42.7. The first-order valence-electron chi connectivity index (χ1n) is 6.15. The Bertz CT molecular complexity index is 452. The summed E-state index contributed by atoms with van der Waals surface area (Å²) in [5.74, 6) is -0.907. The van der Waals surface area contributed by atoms with Crippen LogP contribution in [0.4, 0.5) is 13.2 Å². The van der Waals surface area contributed by atoms with Gasteiger partial charge in [-0.3, -0.25) is 4.79 Å². The number of ether oxygens (including phenoxy) is 1. The number of hydrogen-bond donors (Lipinski definition) is 0. The molecule has 0 heterocycles. The molecule has 0 aromatic heterocycles. The van der Waals surface area contributed by atoms with Crippen LogP contribution in [-0.4, -0.2) is 12.6 Å². The molecule has 0 aliphatic heterocycles. The van der Waals surface area contributed by atoms with Crippen molar-refractivity contribution in [1.29, 1.82) is 0 Å². The summed E-state index contributed by atoms with van der Waals surface area (Å²) in [6.45, 7) is 5.34. The summed E-state index contributed by atoms with van der Waals surface area (Å²) in [4.78, 5) is 11.8. The normalized spacial score (nSPS) is 13.2. The van der Waals surface area contributed by atoms with E-state index in [0.717, 1.165) is 12.1 Å². The molecule has 0 fully saturated rings. The maximum absolute atomic E-state index is 12.6. The third-order valence-electron chi connectivity index (χ3n) is 2.95. The summed E-state index contributed by atoms with van der Waals surface area (Å²) in [7, 11) is 0. The van der Waals surface area contributed by atoms with Gasteiger partial charge in [0, 0.05) is 0 Å². The standard InChI is InChI=1S/C14H17F3O2/c1-4-11(13(18)19-5-2)12-7-6-10(8-9(12)3)14(15,16)17/h6-8,11H,4-5H2,1-3H3. The smallest absolute Gasteiger partial charge is 0.416 e. The van der Waals surface area contributed by atoms with Crippen molar-refractivity contribution in [2.75, 3.05) is 6.61 Å². The molecule has 0 N–H and O–H groups in total. The average Bonchev–Trinajstić information content (AvgIpc) is 2.31. The molecule has 106 valence electrons. The van der Waals surface area contributed by atoms with Crippen LogP contribution in [0, 0.1) is 6.92 Å². The molecule has 0 aliphatic carbocycles. The maximum Gasteiger partial charge on any atom is 0.416 e. The van der Waals surface area contributed by atoms with Crippen LogP contribution in [-0.2, 0) is 15.7 Å². The molecular formula is C14H17F3O2. The Hall–Kier alpha value is -1.52. The molecule has 1 atom stereocenters. The maximum atomic E-state index is 12.6. The van der Waals surface area contributed by atoms with Crippen LogP contribution in [0.25, 0.3) is 0 Å². The lowest BCUT2D eigenvalue weighted by Crippen LogP contribution is -2.17. The molecule has 19 heavy (non-hydrogen) atoms. The summed E-state index contributed by atoms with van der Waals surface area (Å²) >= 11 is 0. The van der Waals surface area contributed by atoms with Crippen molar-refractivity contribution < 1.29 is 22.7 Å². The molecule has 0 aliphatic rings. The quantitative estimate of drug-likeness (QED) is 0.774. The minimum Gasteiger partial charge on any atom is -0.466 e. The van der Waals surface area contributed by atoms with Gasteiger partial charge >= 0.3 is 12.1 Å². The molecule has 1 rings (SSSR count). The number of carbonyl (C=O) groups excluding carboxylic acids is 1. The summed E-state index contributed by atoms with van der Waals surface area (Å²) in [5, 5.41) is 0. The first-order valence-corrected chi connectivity index (χ1v) is 6.15. The number of aryl methyl sites for hydroxylation is 1. The highest BCUT2D eigenvalue weighted by Crippen LogP contribution is 2.33. The highest BCUT2D eigenvalue weighted by molar-refractivity contribution is 5.78. The molecule has 0 saturated heterocycles. The van der Waals surface area contributed by atoms with Crippen molar-refractivity contribution in [1.82, 2.24) is 0 Å². The first kappa shape index (κ1) is 15.5. The highest BCUT2D eigenvalue weighted by atomic mass is 19.4. The summed E-state index contributed by atoms with van der Waals surface area (Å²) in [6.07, 6.45) is -3.88. The van der Waals surface area contributed by atoms with Crippen molar-refractivity contribution in [3.8, 4) is 0 Å². The predicted molar refractivity (Wildman–Crippen MR) is 65.8 cm³/mol. The molecule has 0 saturated carbocycles. The number of halogens is 3. The number of benzene rings is 1. The molecule has 0 bridgehead atoms. The van der Waals surface area contributed by atoms with Gasteiger partial charge in [0.05, 0.1) is 18.1 Å². The van der Waals surface area contributed by atoms with Crippen LogP contribution in [0.5, 0.6) is 0 Å². The van der Waals surface area contributed by atoms with E-state index in [1.807, 2.05) is 0 Å². The highest BCUT2D eigenvalue weighted by Gasteiger charge is 2.31. The zero-order chi connectivity index (χ0) is 14.6. The molecule has 1 unspecified atom stereocenters.